The molecule has 1 atom stereocenters. The lowest BCUT2D eigenvalue weighted by Gasteiger charge is -2.21. The number of aromatic nitrogens is 2. The summed E-state index contributed by atoms with van der Waals surface area (Å²) in [5.41, 5.74) is 6.75. The van der Waals surface area contributed by atoms with Crippen molar-refractivity contribution >= 4 is 18.1 Å². The second-order valence-electron chi connectivity index (χ2n) is 5.95. The number of aryl methyl sites for hydroxylation is 1. The zero-order valence-electron chi connectivity index (χ0n) is 13.3. The van der Waals surface area contributed by atoms with Gasteiger partial charge in [0.2, 0.25) is 5.95 Å². The Morgan fingerprint density at radius 3 is 2.76 bits per heavy atom. The van der Waals surface area contributed by atoms with Gasteiger partial charge in [-0.1, -0.05) is 12.2 Å². The van der Waals surface area contributed by atoms with Crippen molar-refractivity contribution in [2.75, 3.05) is 5.73 Å². The maximum absolute atomic E-state index is 11.6. The van der Waals surface area contributed by atoms with Crippen molar-refractivity contribution in [2.24, 2.45) is 0 Å². The maximum Gasteiger partial charge on any atom is 0.407 e. The summed E-state index contributed by atoms with van der Waals surface area (Å²) in [6, 6.07) is -0.0221. The molecule has 0 aliphatic heterocycles. The molecule has 0 unspecified atom stereocenters. The molecule has 0 bridgehead atoms. The van der Waals surface area contributed by atoms with Gasteiger partial charge in [0.25, 0.3) is 0 Å². The third-order valence-electron chi connectivity index (χ3n) is 2.59. The van der Waals surface area contributed by atoms with E-state index in [4.69, 9.17) is 10.5 Å². The molecule has 0 aliphatic rings. The lowest BCUT2D eigenvalue weighted by atomic mass is 10.1. The van der Waals surface area contributed by atoms with Crippen LogP contribution in [0.3, 0.4) is 0 Å². The molecule has 21 heavy (non-hydrogen) atoms. The first kappa shape index (κ1) is 16.9. The molecule has 1 aromatic rings. The largest absolute Gasteiger partial charge is 0.444 e. The highest BCUT2D eigenvalue weighted by atomic mass is 16.6. The van der Waals surface area contributed by atoms with Crippen LogP contribution in [0.25, 0.3) is 6.08 Å². The van der Waals surface area contributed by atoms with Crippen LogP contribution >= 0.6 is 0 Å². The summed E-state index contributed by atoms with van der Waals surface area (Å²) in [5, 5.41) is 2.78. The van der Waals surface area contributed by atoms with Crippen LogP contribution in [-0.4, -0.2) is 27.7 Å². The van der Waals surface area contributed by atoms with E-state index in [1.165, 1.54) is 0 Å². The Morgan fingerprint density at radius 1 is 1.52 bits per heavy atom. The summed E-state index contributed by atoms with van der Waals surface area (Å²) >= 11 is 0. The van der Waals surface area contributed by atoms with Crippen LogP contribution in [0.4, 0.5) is 10.7 Å². The Kier molecular flexibility index (Phi) is 5.69. The third kappa shape index (κ3) is 6.74. The van der Waals surface area contributed by atoms with Gasteiger partial charge in [0, 0.05) is 17.8 Å². The molecule has 0 aliphatic carbocycles. The van der Waals surface area contributed by atoms with Gasteiger partial charge in [0.15, 0.2) is 0 Å². The van der Waals surface area contributed by atoms with Gasteiger partial charge in [-0.15, -0.1) is 0 Å². The van der Waals surface area contributed by atoms with Crippen LogP contribution in [0, 0.1) is 6.92 Å². The number of hydrogen-bond donors (Lipinski definition) is 2. The molecule has 0 saturated heterocycles. The maximum atomic E-state index is 11.6. The second-order valence-corrected chi connectivity index (χ2v) is 5.95. The van der Waals surface area contributed by atoms with Crippen LogP contribution in [-0.2, 0) is 4.74 Å². The van der Waals surface area contributed by atoms with Crippen LogP contribution in [0.1, 0.15) is 45.4 Å². The van der Waals surface area contributed by atoms with E-state index < -0.39 is 11.7 Å². The SMILES string of the molecule is Cc1nc(N)ncc1/C=C/C[C@H](C)NC(=O)OC(C)(C)C. The van der Waals surface area contributed by atoms with E-state index in [0.717, 1.165) is 11.3 Å². The van der Waals surface area contributed by atoms with E-state index in [1.54, 1.807) is 6.20 Å². The van der Waals surface area contributed by atoms with Gasteiger partial charge < -0.3 is 15.8 Å². The van der Waals surface area contributed by atoms with Gasteiger partial charge in [-0.05, 0) is 41.0 Å². The predicted molar refractivity (Wildman–Crippen MR) is 83.7 cm³/mol. The number of carbonyl (C=O) groups excluding carboxylic acids is 1. The smallest absolute Gasteiger partial charge is 0.407 e. The molecule has 6 heteroatoms. The van der Waals surface area contributed by atoms with Crippen LogP contribution in [0.15, 0.2) is 12.3 Å². The lowest BCUT2D eigenvalue weighted by molar-refractivity contribution is 0.0509. The number of carbonyl (C=O) groups is 1. The Balaban J connectivity index is 2.47. The van der Waals surface area contributed by atoms with E-state index in [9.17, 15) is 4.79 Å². The monoisotopic (exact) mass is 292 g/mol. The molecule has 0 aromatic carbocycles. The number of ether oxygens (including phenoxy) is 1. The van der Waals surface area contributed by atoms with Gasteiger partial charge in [0.1, 0.15) is 5.60 Å². The van der Waals surface area contributed by atoms with Crippen molar-refractivity contribution in [3.05, 3.63) is 23.5 Å². The van der Waals surface area contributed by atoms with E-state index >= 15 is 0 Å². The number of nitrogens with two attached hydrogens (primary N) is 1. The Morgan fingerprint density at radius 2 is 2.19 bits per heavy atom. The summed E-state index contributed by atoms with van der Waals surface area (Å²) in [6.45, 7) is 9.30. The summed E-state index contributed by atoms with van der Waals surface area (Å²) < 4.78 is 5.20. The molecule has 0 spiro atoms. The van der Waals surface area contributed by atoms with Crippen LogP contribution in [0.5, 0.6) is 0 Å². The first-order valence-corrected chi connectivity index (χ1v) is 6.92. The standard InChI is InChI=1S/C15H24N4O2/c1-10(18-14(20)21-15(3,4)5)7-6-8-12-9-17-13(16)19-11(12)2/h6,8-10H,7H2,1-5H3,(H,18,20)(H2,16,17,19)/b8-6+/t10-/m0/s1. The molecule has 0 fully saturated rings. The average molecular weight is 292 g/mol. The first-order chi connectivity index (χ1) is 9.67. The number of anilines is 1. The molecule has 6 nitrogen and oxygen atoms in total. The van der Waals surface area contributed by atoms with Crippen molar-refractivity contribution in [2.45, 2.75) is 52.7 Å². The fourth-order valence-electron chi connectivity index (χ4n) is 1.62. The quantitative estimate of drug-likeness (QED) is 0.890. The molecule has 1 aromatic heterocycles. The van der Waals surface area contributed by atoms with Gasteiger partial charge in [-0.2, -0.15) is 0 Å². The minimum Gasteiger partial charge on any atom is -0.444 e. The molecule has 1 amide bonds. The normalized spacial score (nSPS) is 13.2. The summed E-state index contributed by atoms with van der Waals surface area (Å²) in [7, 11) is 0. The molecular weight excluding hydrogens is 268 g/mol. The number of nitrogens with zero attached hydrogens (tertiary/aromatic N) is 2. The molecule has 1 rings (SSSR count). The molecule has 116 valence electrons. The summed E-state index contributed by atoms with van der Waals surface area (Å²) in [5.74, 6) is 0.268. The second kappa shape index (κ2) is 7.06. The zero-order chi connectivity index (χ0) is 16.0. The fraction of sp³-hybridized carbons (Fsp3) is 0.533. The van der Waals surface area contributed by atoms with Crippen molar-refractivity contribution < 1.29 is 9.53 Å². The van der Waals surface area contributed by atoms with Crippen molar-refractivity contribution in [1.82, 2.24) is 15.3 Å². The Labute approximate surface area is 125 Å². The van der Waals surface area contributed by atoms with E-state index in [2.05, 4.69) is 15.3 Å². The van der Waals surface area contributed by atoms with Crippen LogP contribution in [0.2, 0.25) is 0 Å². The predicted octanol–water partition coefficient (Wildman–Crippen LogP) is 2.68. The van der Waals surface area contributed by atoms with Crippen molar-refractivity contribution in [3.8, 4) is 0 Å². The highest BCUT2D eigenvalue weighted by molar-refractivity contribution is 5.68. The Bertz CT molecular complexity index is 521. The van der Waals surface area contributed by atoms with Crippen molar-refractivity contribution in [1.29, 1.82) is 0 Å². The molecular formula is C15H24N4O2. The number of hydrogen-bond acceptors (Lipinski definition) is 5. The number of rotatable bonds is 4. The number of alkyl carbamates (subject to hydrolysis) is 1. The highest BCUT2D eigenvalue weighted by Crippen LogP contribution is 2.09. The van der Waals surface area contributed by atoms with Crippen LogP contribution < -0.4 is 11.1 Å². The Hall–Kier alpha value is -2.11. The third-order valence-corrected chi connectivity index (χ3v) is 2.59. The first-order valence-electron chi connectivity index (χ1n) is 6.92. The summed E-state index contributed by atoms with van der Waals surface area (Å²) in [4.78, 5) is 19.6. The van der Waals surface area contributed by atoms with E-state index in [1.807, 2.05) is 46.8 Å². The lowest BCUT2D eigenvalue weighted by Crippen LogP contribution is -2.37. The van der Waals surface area contributed by atoms with E-state index in [-0.39, 0.29) is 12.0 Å². The van der Waals surface area contributed by atoms with Crippen molar-refractivity contribution in [3.63, 3.8) is 0 Å². The average Bonchev–Trinajstić information content (AvgIpc) is 2.29. The fourth-order valence-corrected chi connectivity index (χ4v) is 1.62. The van der Waals surface area contributed by atoms with Gasteiger partial charge in [-0.3, -0.25) is 0 Å². The molecule has 0 saturated carbocycles. The molecule has 1 heterocycles. The molecule has 0 radical (unpaired) electrons. The number of nitrogen functional groups attached to an aromatic ring is 1. The van der Waals surface area contributed by atoms with Gasteiger partial charge in [0.05, 0.1) is 5.69 Å². The number of amides is 1. The minimum absolute atomic E-state index is 0.0221. The highest BCUT2D eigenvalue weighted by Gasteiger charge is 2.17. The zero-order valence-corrected chi connectivity index (χ0v) is 13.3. The molecule has 3 N–H and O–H groups in total. The van der Waals surface area contributed by atoms with Gasteiger partial charge >= 0.3 is 6.09 Å². The summed E-state index contributed by atoms with van der Waals surface area (Å²) in [6.07, 6.45) is 5.84. The van der Waals surface area contributed by atoms with Gasteiger partial charge in [-0.25, -0.2) is 14.8 Å². The van der Waals surface area contributed by atoms with E-state index in [0.29, 0.717) is 6.42 Å². The minimum atomic E-state index is -0.488. The topological polar surface area (TPSA) is 90.1 Å². The number of nitrogens with one attached hydrogen (secondary N) is 1.